The van der Waals surface area contributed by atoms with E-state index in [1.54, 1.807) is 0 Å². The summed E-state index contributed by atoms with van der Waals surface area (Å²) in [6, 6.07) is 0. The van der Waals surface area contributed by atoms with Crippen LogP contribution in [0, 0.1) is 23.7 Å². The topological polar surface area (TPSA) is 237 Å². The van der Waals surface area contributed by atoms with Gasteiger partial charge in [0.05, 0.1) is 26.4 Å². The highest BCUT2D eigenvalue weighted by Crippen LogP contribution is 2.45. The monoisotopic (exact) mass is 1350 g/mol. The number of phosphoric ester groups is 2. The molecule has 0 radical (unpaired) electrons. The van der Waals surface area contributed by atoms with Gasteiger partial charge in [0.15, 0.2) is 12.2 Å². The molecule has 0 aliphatic carbocycles. The summed E-state index contributed by atoms with van der Waals surface area (Å²) >= 11 is 0. The van der Waals surface area contributed by atoms with E-state index in [0.717, 1.165) is 114 Å². The van der Waals surface area contributed by atoms with Crippen molar-refractivity contribution in [2.24, 2.45) is 23.7 Å². The molecule has 0 bridgehead atoms. The number of aliphatic hydroxyl groups is 1. The number of carbonyl (C=O) groups excluding carboxylic acids is 4. The lowest BCUT2D eigenvalue weighted by molar-refractivity contribution is -0.161. The van der Waals surface area contributed by atoms with Crippen LogP contribution in [-0.2, 0) is 65.4 Å². The van der Waals surface area contributed by atoms with Crippen molar-refractivity contribution in [3.63, 3.8) is 0 Å². The number of phosphoric acid groups is 2. The Hall–Kier alpha value is -1.94. The minimum Gasteiger partial charge on any atom is -0.462 e. The molecule has 0 aromatic rings. The van der Waals surface area contributed by atoms with E-state index < -0.39 is 97.5 Å². The van der Waals surface area contributed by atoms with Crippen LogP contribution in [0.5, 0.6) is 0 Å². The molecule has 0 fully saturated rings. The minimum atomic E-state index is -4.95. The third-order valence-electron chi connectivity index (χ3n) is 17.2. The number of carbonyl (C=O) groups is 4. The Morgan fingerprint density at radius 2 is 0.522 bits per heavy atom. The van der Waals surface area contributed by atoms with E-state index in [0.29, 0.717) is 31.6 Å². The Kier molecular flexibility index (Phi) is 61.3. The third-order valence-corrected chi connectivity index (χ3v) is 19.1. The molecule has 0 aromatic heterocycles. The van der Waals surface area contributed by atoms with Gasteiger partial charge in [0.1, 0.15) is 19.3 Å². The normalized spacial score (nSPS) is 14.5. The fourth-order valence-electron chi connectivity index (χ4n) is 11.0. The first-order valence-corrected chi connectivity index (χ1v) is 40.7. The highest BCUT2D eigenvalue weighted by atomic mass is 31.2. The highest BCUT2D eigenvalue weighted by Gasteiger charge is 2.30. The molecule has 4 unspecified atom stereocenters. The van der Waals surface area contributed by atoms with Crippen LogP contribution in [0.25, 0.3) is 0 Å². The molecule has 0 heterocycles. The molecular formula is C73H142O17P2. The maximum atomic E-state index is 13.0. The molecule has 0 aliphatic rings. The summed E-state index contributed by atoms with van der Waals surface area (Å²) in [5.41, 5.74) is 0. The summed E-state index contributed by atoms with van der Waals surface area (Å²) < 4.78 is 68.3. The number of rotatable bonds is 70. The predicted octanol–water partition coefficient (Wildman–Crippen LogP) is 20.9. The predicted molar refractivity (Wildman–Crippen MR) is 372 cm³/mol. The second kappa shape index (κ2) is 62.6. The van der Waals surface area contributed by atoms with Gasteiger partial charge in [-0.25, -0.2) is 9.13 Å². The average Bonchev–Trinajstić information content (AvgIpc) is 2.44. The molecule has 17 nitrogen and oxygen atoms in total. The molecule has 0 saturated heterocycles. The van der Waals surface area contributed by atoms with Crippen LogP contribution in [0.4, 0.5) is 0 Å². The van der Waals surface area contributed by atoms with E-state index in [-0.39, 0.29) is 25.7 Å². The van der Waals surface area contributed by atoms with E-state index >= 15 is 0 Å². The van der Waals surface area contributed by atoms with Crippen molar-refractivity contribution in [3.05, 3.63) is 0 Å². The van der Waals surface area contributed by atoms with Crippen LogP contribution in [-0.4, -0.2) is 96.7 Å². The standard InChI is InChI=1S/C73H142O17P2/c1-9-66(8)52-44-36-31-32-38-46-54-71(76)84-60-69(89-72(77)55-47-39-29-21-19-17-15-13-11-10-12-14-16-18-20-25-33-41-49-63(2)3)62-88-92(81,82)86-58-67(74)57-85-91(79,80)87-61-68(90-73(78)56-48-40-30-24-27-35-43-51-65(6)7)59-83-70(75)53-45-37-28-23-22-26-34-42-50-64(4)5/h63-69,74H,9-62H2,1-8H3,(H,79,80)(H,81,82)/t66?,67?,68-,69-/m1/s1. The number of ether oxygens (including phenoxy) is 4. The van der Waals surface area contributed by atoms with Gasteiger partial charge in [-0.15, -0.1) is 0 Å². The number of unbranched alkanes of at least 4 members (excludes halogenated alkanes) is 35. The van der Waals surface area contributed by atoms with Crippen LogP contribution < -0.4 is 0 Å². The summed E-state index contributed by atoms with van der Waals surface area (Å²) in [4.78, 5) is 72.6. The molecule has 0 aliphatic heterocycles. The Morgan fingerprint density at radius 1 is 0.304 bits per heavy atom. The zero-order chi connectivity index (χ0) is 68.2. The molecule has 0 amide bonds. The van der Waals surface area contributed by atoms with E-state index in [4.69, 9.17) is 37.0 Å². The molecule has 546 valence electrons. The Bertz CT molecular complexity index is 1820. The molecule has 0 aromatic carbocycles. The largest absolute Gasteiger partial charge is 0.472 e. The SMILES string of the molecule is CCC(C)CCCCCCCCC(=O)OC[C@H](COP(=O)(O)OCC(O)COP(=O)(O)OC[C@@H](COC(=O)CCCCCCCCCCC(C)C)OC(=O)CCCCCCCCCC(C)C)OC(=O)CCCCCCCCCCCCCCCCCCCCC(C)C. The van der Waals surface area contributed by atoms with Gasteiger partial charge in [0.2, 0.25) is 0 Å². The molecule has 19 heteroatoms. The molecular weight excluding hydrogens is 1210 g/mol. The first kappa shape index (κ1) is 90.1. The van der Waals surface area contributed by atoms with Gasteiger partial charge < -0.3 is 33.8 Å². The summed E-state index contributed by atoms with van der Waals surface area (Å²) in [6.45, 7) is 14.1. The van der Waals surface area contributed by atoms with Gasteiger partial charge >= 0.3 is 39.5 Å². The maximum Gasteiger partial charge on any atom is 0.472 e. The molecule has 3 N–H and O–H groups in total. The number of hydrogen-bond acceptors (Lipinski definition) is 15. The van der Waals surface area contributed by atoms with Crippen LogP contribution in [0.1, 0.15) is 364 Å². The molecule has 0 rings (SSSR count). The highest BCUT2D eigenvalue weighted by molar-refractivity contribution is 7.47. The smallest absolute Gasteiger partial charge is 0.462 e. The molecule has 0 spiro atoms. The third kappa shape index (κ3) is 65.4. The van der Waals surface area contributed by atoms with E-state index in [1.807, 2.05) is 0 Å². The van der Waals surface area contributed by atoms with Gasteiger partial charge in [-0.1, -0.05) is 312 Å². The summed E-state index contributed by atoms with van der Waals surface area (Å²) in [5, 5.41) is 10.6. The number of esters is 4. The van der Waals surface area contributed by atoms with Gasteiger partial charge in [0.25, 0.3) is 0 Å². The molecule has 0 saturated carbocycles. The lowest BCUT2D eigenvalue weighted by Gasteiger charge is -2.21. The van der Waals surface area contributed by atoms with Crippen LogP contribution in [0.2, 0.25) is 0 Å². The van der Waals surface area contributed by atoms with E-state index in [2.05, 4.69) is 55.4 Å². The Morgan fingerprint density at radius 3 is 0.772 bits per heavy atom. The second-order valence-electron chi connectivity index (χ2n) is 28.0. The van der Waals surface area contributed by atoms with Crippen molar-refractivity contribution >= 4 is 39.5 Å². The van der Waals surface area contributed by atoms with Crippen molar-refractivity contribution < 1.29 is 80.2 Å². The van der Waals surface area contributed by atoms with Crippen LogP contribution >= 0.6 is 15.6 Å². The van der Waals surface area contributed by atoms with Gasteiger partial charge in [-0.3, -0.25) is 37.3 Å². The Balaban J connectivity index is 5.17. The fourth-order valence-corrected chi connectivity index (χ4v) is 12.6. The van der Waals surface area contributed by atoms with Gasteiger partial charge in [-0.05, 0) is 49.4 Å². The van der Waals surface area contributed by atoms with Crippen molar-refractivity contribution in [2.45, 2.75) is 382 Å². The Labute approximate surface area is 562 Å². The first-order valence-electron chi connectivity index (χ1n) is 37.7. The fraction of sp³-hybridized carbons (Fsp3) is 0.945. The minimum absolute atomic E-state index is 0.102. The molecule has 92 heavy (non-hydrogen) atoms. The summed E-state index contributed by atoms with van der Waals surface area (Å²) in [6.07, 6.45) is 46.2. The lowest BCUT2D eigenvalue weighted by atomic mass is 10.00. The second-order valence-corrected chi connectivity index (χ2v) is 30.9. The number of aliphatic hydroxyl groups excluding tert-OH is 1. The van der Waals surface area contributed by atoms with Crippen molar-refractivity contribution in [1.29, 1.82) is 0 Å². The lowest BCUT2D eigenvalue weighted by Crippen LogP contribution is -2.30. The average molecular weight is 1350 g/mol. The number of hydrogen-bond donors (Lipinski definition) is 3. The van der Waals surface area contributed by atoms with E-state index in [1.165, 1.54) is 161 Å². The summed E-state index contributed by atoms with van der Waals surface area (Å²) in [7, 11) is -9.90. The van der Waals surface area contributed by atoms with Crippen LogP contribution in [0.3, 0.4) is 0 Å². The first-order chi connectivity index (χ1) is 44.1. The maximum absolute atomic E-state index is 13.0. The van der Waals surface area contributed by atoms with Crippen molar-refractivity contribution in [1.82, 2.24) is 0 Å². The molecule has 6 atom stereocenters. The van der Waals surface area contributed by atoms with Gasteiger partial charge in [0, 0.05) is 25.7 Å². The quantitative estimate of drug-likeness (QED) is 0.0222. The zero-order valence-corrected chi connectivity index (χ0v) is 62.0. The zero-order valence-electron chi connectivity index (χ0n) is 60.2. The van der Waals surface area contributed by atoms with Gasteiger partial charge in [-0.2, -0.15) is 0 Å². The van der Waals surface area contributed by atoms with Crippen molar-refractivity contribution in [2.75, 3.05) is 39.6 Å². The summed E-state index contributed by atoms with van der Waals surface area (Å²) in [5.74, 6) is 0.843. The van der Waals surface area contributed by atoms with Crippen LogP contribution in [0.15, 0.2) is 0 Å². The van der Waals surface area contributed by atoms with Crippen molar-refractivity contribution in [3.8, 4) is 0 Å². The van der Waals surface area contributed by atoms with E-state index in [9.17, 15) is 43.2 Å².